The minimum absolute atomic E-state index is 0.0659. The van der Waals surface area contributed by atoms with Crippen molar-refractivity contribution in [1.29, 1.82) is 0 Å². The monoisotopic (exact) mass is 288 g/mol. The maximum absolute atomic E-state index is 12.5. The maximum atomic E-state index is 12.5. The van der Waals surface area contributed by atoms with E-state index in [0.29, 0.717) is 12.3 Å². The lowest BCUT2D eigenvalue weighted by Gasteiger charge is -2.40. The molecule has 1 aromatic rings. The van der Waals surface area contributed by atoms with Crippen LogP contribution in [0.25, 0.3) is 0 Å². The Morgan fingerprint density at radius 2 is 2.48 bits per heavy atom. The molecule has 2 aliphatic heterocycles. The van der Waals surface area contributed by atoms with Crippen molar-refractivity contribution >= 4 is 5.91 Å². The number of hydrogen-bond donors (Lipinski definition) is 0. The summed E-state index contributed by atoms with van der Waals surface area (Å²) in [6.45, 7) is 4.71. The molecule has 0 N–H and O–H groups in total. The summed E-state index contributed by atoms with van der Waals surface area (Å²) >= 11 is 0. The van der Waals surface area contributed by atoms with Crippen molar-refractivity contribution in [1.82, 2.24) is 9.88 Å². The van der Waals surface area contributed by atoms with E-state index in [1.54, 1.807) is 12.4 Å². The minimum atomic E-state index is -0.0659. The van der Waals surface area contributed by atoms with Crippen LogP contribution in [0.5, 0.6) is 0 Å². The van der Waals surface area contributed by atoms with E-state index >= 15 is 0 Å². The number of amides is 1. The molecule has 0 aromatic carbocycles. The van der Waals surface area contributed by atoms with Gasteiger partial charge in [0.1, 0.15) is 0 Å². The quantitative estimate of drug-likeness (QED) is 0.858. The van der Waals surface area contributed by atoms with E-state index in [-0.39, 0.29) is 11.5 Å². The van der Waals surface area contributed by atoms with Crippen molar-refractivity contribution in [3.8, 4) is 0 Å². The molecule has 1 spiro atoms. The largest absolute Gasteiger partial charge is 0.373 e. The van der Waals surface area contributed by atoms with Crippen molar-refractivity contribution in [3.63, 3.8) is 0 Å². The zero-order valence-corrected chi connectivity index (χ0v) is 12.8. The fourth-order valence-electron chi connectivity index (χ4n) is 3.59. The van der Waals surface area contributed by atoms with Gasteiger partial charge in [0.25, 0.3) is 0 Å². The number of nitrogens with zero attached hydrogens (tertiary/aromatic N) is 2. The van der Waals surface area contributed by atoms with Crippen molar-refractivity contribution in [2.45, 2.75) is 44.6 Å². The second-order valence-electron chi connectivity index (χ2n) is 6.43. The molecule has 4 nitrogen and oxygen atoms in total. The first kappa shape index (κ1) is 14.5. The van der Waals surface area contributed by atoms with Gasteiger partial charge in [0.15, 0.2) is 0 Å². The molecule has 3 heterocycles. The van der Waals surface area contributed by atoms with Gasteiger partial charge < -0.3 is 9.64 Å². The van der Waals surface area contributed by atoms with Crippen molar-refractivity contribution < 1.29 is 9.53 Å². The van der Waals surface area contributed by atoms with Crippen LogP contribution in [0.2, 0.25) is 0 Å². The normalized spacial score (nSPS) is 29.0. The first-order chi connectivity index (χ1) is 10.2. The highest BCUT2D eigenvalue weighted by molar-refractivity contribution is 5.78. The van der Waals surface area contributed by atoms with E-state index in [9.17, 15) is 4.79 Å². The van der Waals surface area contributed by atoms with Gasteiger partial charge in [0.2, 0.25) is 5.91 Å². The second-order valence-corrected chi connectivity index (χ2v) is 6.43. The van der Waals surface area contributed by atoms with E-state index < -0.39 is 0 Å². The van der Waals surface area contributed by atoms with Crippen LogP contribution in [-0.2, 0) is 16.0 Å². The Balaban J connectivity index is 1.62. The predicted molar refractivity (Wildman–Crippen MR) is 80.8 cm³/mol. The highest BCUT2D eigenvalue weighted by Gasteiger charge is 2.43. The van der Waals surface area contributed by atoms with Crippen LogP contribution in [0.1, 0.15) is 38.2 Å². The van der Waals surface area contributed by atoms with E-state index in [1.807, 2.05) is 17.0 Å². The fourth-order valence-corrected chi connectivity index (χ4v) is 3.59. The Bertz CT molecular complexity index is 491. The number of piperidine rings is 1. The first-order valence-corrected chi connectivity index (χ1v) is 8.01. The van der Waals surface area contributed by atoms with Gasteiger partial charge in [-0.3, -0.25) is 9.78 Å². The van der Waals surface area contributed by atoms with Gasteiger partial charge in [-0.15, -0.1) is 0 Å². The minimum Gasteiger partial charge on any atom is -0.373 e. The molecule has 0 bridgehead atoms. The van der Waals surface area contributed by atoms with E-state index in [2.05, 4.69) is 11.9 Å². The number of carbonyl (C=O) groups is 1. The maximum Gasteiger partial charge on any atom is 0.227 e. The topological polar surface area (TPSA) is 42.4 Å². The molecule has 0 aliphatic carbocycles. The third-order valence-electron chi connectivity index (χ3n) is 4.83. The van der Waals surface area contributed by atoms with Crippen LogP contribution in [0.15, 0.2) is 24.5 Å². The Hall–Kier alpha value is -1.42. The van der Waals surface area contributed by atoms with Crippen LogP contribution in [0, 0.1) is 5.92 Å². The molecule has 2 saturated heterocycles. The Labute approximate surface area is 126 Å². The molecule has 1 amide bonds. The lowest BCUT2D eigenvalue weighted by Crippen LogP contribution is -2.50. The van der Waals surface area contributed by atoms with Gasteiger partial charge in [-0.1, -0.05) is 19.4 Å². The van der Waals surface area contributed by atoms with Crippen LogP contribution in [-0.4, -0.2) is 41.1 Å². The molecular formula is C17H24N2O2. The van der Waals surface area contributed by atoms with E-state index in [0.717, 1.165) is 44.5 Å². The highest BCUT2D eigenvalue weighted by Crippen LogP contribution is 2.38. The summed E-state index contributed by atoms with van der Waals surface area (Å²) in [5, 5.41) is 0. The van der Waals surface area contributed by atoms with E-state index in [1.165, 1.54) is 6.42 Å². The molecule has 1 aromatic heterocycles. The number of aromatic nitrogens is 1. The Morgan fingerprint density at radius 3 is 3.19 bits per heavy atom. The summed E-state index contributed by atoms with van der Waals surface area (Å²) in [6.07, 6.45) is 8.39. The number of hydrogen-bond acceptors (Lipinski definition) is 3. The highest BCUT2D eigenvalue weighted by atomic mass is 16.5. The van der Waals surface area contributed by atoms with Crippen LogP contribution in [0.3, 0.4) is 0 Å². The number of pyridine rings is 1. The smallest absolute Gasteiger partial charge is 0.227 e. The van der Waals surface area contributed by atoms with Gasteiger partial charge in [-0.25, -0.2) is 0 Å². The molecule has 0 saturated carbocycles. The van der Waals surface area contributed by atoms with Gasteiger partial charge in [0, 0.05) is 25.5 Å². The van der Waals surface area contributed by atoms with Crippen molar-refractivity contribution in [2.24, 2.45) is 5.92 Å². The molecule has 0 unspecified atom stereocenters. The lowest BCUT2D eigenvalue weighted by molar-refractivity contribution is -0.138. The predicted octanol–water partition coefficient (Wildman–Crippen LogP) is 2.43. The SMILES string of the molecule is CC[C@@H]1CO[C@]2(CCCN(C(=O)Cc3cccnc3)C2)C1. The lowest BCUT2D eigenvalue weighted by atomic mass is 9.85. The molecule has 0 radical (unpaired) electrons. The average Bonchev–Trinajstić information content (AvgIpc) is 2.91. The molecule has 21 heavy (non-hydrogen) atoms. The zero-order chi connectivity index (χ0) is 14.7. The third-order valence-corrected chi connectivity index (χ3v) is 4.83. The van der Waals surface area contributed by atoms with Gasteiger partial charge in [0.05, 0.1) is 18.6 Å². The van der Waals surface area contributed by atoms with E-state index in [4.69, 9.17) is 4.74 Å². The number of likely N-dealkylation sites (tertiary alicyclic amines) is 1. The van der Waals surface area contributed by atoms with Crippen LogP contribution in [0.4, 0.5) is 0 Å². The summed E-state index contributed by atoms with van der Waals surface area (Å²) in [5.41, 5.74) is 0.921. The van der Waals surface area contributed by atoms with Crippen molar-refractivity contribution in [2.75, 3.05) is 19.7 Å². The fraction of sp³-hybridized carbons (Fsp3) is 0.647. The van der Waals surface area contributed by atoms with Crippen LogP contribution >= 0.6 is 0 Å². The van der Waals surface area contributed by atoms with Crippen molar-refractivity contribution in [3.05, 3.63) is 30.1 Å². The summed E-state index contributed by atoms with van der Waals surface area (Å²) < 4.78 is 6.11. The molecule has 2 fully saturated rings. The number of carbonyl (C=O) groups excluding carboxylic acids is 1. The second kappa shape index (κ2) is 6.14. The average molecular weight is 288 g/mol. The Kier molecular flexibility index (Phi) is 4.24. The third kappa shape index (κ3) is 3.26. The summed E-state index contributed by atoms with van der Waals surface area (Å²) in [4.78, 5) is 18.6. The molecule has 4 heteroatoms. The zero-order valence-electron chi connectivity index (χ0n) is 12.8. The van der Waals surface area contributed by atoms with Gasteiger partial charge in [-0.05, 0) is 36.8 Å². The van der Waals surface area contributed by atoms with Gasteiger partial charge in [-0.2, -0.15) is 0 Å². The molecule has 2 atom stereocenters. The molecule has 3 rings (SSSR count). The van der Waals surface area contributed by atoms with Crippen LogP contribution < -0.4 is 0 Å². The molecule has 114 valence electrons. The van der Waals surface area contributed by atoms with Gasteiger partial charge >= 0.3 is 0 Å². The molecule has 2 aliphatic rings. The standard InChI is InChI=1S/C17H24N2O2/c1-2-14-10-17(21-12-14)6-4-8-19(13-17)16(20)9-15-5-3-7-18-11-15/h3,5,7,11,14H,2,4,6,8-10,12-13H2,1H3/t14-,17+/m0/s1. The summed E-state index contributed by atoms with van der Waals surface area (Å²) in [7, 11) is 0. The number of rotatable bonds is 3. The Morgan fingerprint density at radius 1 is 1.57 bits per heavy atom. The first-order valence-electron chi connectivity index (χ1n) is 8.01. The summed E-state index contributed by atoms with van der Waals surface area (Å²) in [5.74, 6) is 0.865. The molecular weight excluding hydrogens is 264 g/mol. The summed E-state index contributed by atoms with van der Waals surface area (Å²) in [6, 6.07) is 3.84. The number of ether oxygens (including phenoxy) is 1.